The van der Waals surface area contributed by atoms with Gasteiger partial charge in [-0.25, -0.2) is 0 Å². The molecule has 0 bridgehead atoms. The van der Waals surface area contributed by atoms with E-state index in [0.29, 0.717) is 5.56 Å². The minimum Gasteiger partial charge on any atom is -0.354 e. The predicted octanol–water partition coefficient (Wildman–Crippen LogP) is 4.12. The average Bonchev–Trinajstić information content (AvgIpc) is 2.49. The van der Waals surface area contributed by atoms with Gasteiger partial charge in [-0.05, 0) is 43.7 Å². The molecule has 1 aromatic heterocycles. The lowest BCUT2D eigenvalue weighted by Crippen LogP contribution is -2.31. The first-order valence-electron chi connectivity index (χ1n) is 6.87. The maximum atomic E-state index is 12.1. The SMILES string of the molecule is CCC(C)NC(=O)c1cncc(Nc2ccc(Br)cc2)c1. The Kier molecular flexibility index (Phi) is 5.33. The second-order valence-electron chi connectivity index (χ2n) is 4.88. The van der Waals surface area contributed by atoms with E-state index in [2.05, 4.69) is 31.5 Å². The van der Waals surface area contributed by atoms with E-state index >= 15 is 0 Å². The summed E-state index contributed by atoms with van der Waals surface area (Å²) >= 11 is 3.40. The Morgan fingerprint density at radius 2 is 1.95 bits per heavy atom. The highest BCUT2D eigenvalue weighted by Crippen LogP contribution is 2.19. The van der Waals surface area contributed by atoms with Crippen LogP contribution in [0, 0.1) is 0 Å². The molecular formula is C16H18BrN3O. The van der Waals surface area contributed by atoms with Crippen molar-refractivity contribution in [3.8, 4) is 0 Å². The molecule has 110 valence electrons. The number of aromatic nitrogens is 1. The summed E-state index contributed by atoms with van der Waals surface area (Å²) in [7, 11) is 0. The quantitative estimate of drug-likeness (QED) is 0.855. The van der Waals surface area contributed by atoms with Crippen LogP contribution in [0.5, 0.6) is 0 Å². The summed E-state index contributed by atoms with van der Waals surface area (Å²) in [6, 6.07) is 9.77. The van der Waals surface area contributed by atoms with Gasteiger partial charge in [0.05, 0.1) is 17.4 Å². The van der Waals surface area contributed by atoms with Gasteiger partial charge >= 0.3 is 0 Å². The number of hydrogen-bond donors (Lipinski definition) is 2. The van der Waals surface area contributed by atoms with Crippen LogP contribution in [0.4, 0.5) is 11.4 Å². The third kappa shape index (κ3) is 4.56. The van der Waals surface area contributed by atoms with Crippen LogP contribution < -0.4 is 10.6 Å². The number of nitrogens with zero attached hydrogens (tertiary/aromatic N) is 1. The molecule has 0 aliphatic rings. The third-order valence-electron chi connectivity index (χ3n) is 3.12. The van der Waals surface area contributed by atoms with Crippen LogP contribution >= 0.6 is 15.9 Å². The standard InChI is InChI=1S/C16H18BrN3O/c1-3-11(2)19-16(21)12-8-15(10-18-9-12)20-14-6-4-13(17)5-7-14/h4-11,20H,3H2,1-2H3,(H,19,21). The molecule has 0 radical (unpaired) electrons. The summed E-state index contributed by atoms with van der Waals surface area (Å²) < 4.78 is 1.02. The summed E-state index contributed by atoms with van der Waals surface area (Å²) in [5.74, 6) is -0.101. The van der Waals surface area contributed by atoms with Crippen molar-refractivity contribution in [1.29, 1.82) is 0 Å². The molecule has 0 aliphatic carbocycles. The van der Waals surface area contributed by atoms with E-state index in [1.807, 2.05) is 38.1 Å². The minimum absolute atomic E-state index is 0.101. The molecule has 4 nitrogen and oxygen atoms in total. The predicted molar refractivity (Wildman–Crippen MR) is 88.9 cm³/mol. The van der Waals surface area contributed by atoms with E-state index < -0.39 is 0 Å². The molecule has 0 fully saturated rings. The Morgan fingerprint density at radius 1 is 1.24 bits per heavy atom. The van der Waals surface area contributed by atoms with Crippen LogP contribution in [0.1, 0.15) is 30.6 Å². The number of rotatable bonds is 5. The Balaban J connectivity index is 2.10. The van der Waals surface area contributed by atoms with E-state index in [1.54, 1.807) is 18.5 Å². The van der Waals surface area contributed by atoms with Crippen molar-refractivity contribution in [2.75, 3.05) is 5.32 Å². The molecule has 2 rings (SSSR count). The maximum absolute atomic E-state index is 12.1. The maximum Gasteiger partial charge on any atom is 0.253 e. The summed E-state index contributed by atoms with van der Waals surface area (Å²) in [6.07, 6.45) is 4.17. The smallest absolute Gasteiger partial charge is 0.253 e. The lowest BCUT2D eigenvalue weighted by Gasteiger charge is -2.12. The first-order chi connectivity index (χ1) is 10.1. The van der Waals surface area contributed by atoms with Crippen LogP contribution in [0.15, 0.2) is 47.2 Å². The molecule has 21 heavy (non-hydrogen) atoms. The van der Waals surface area contributed by atoms with Gasteiger partial charge in [-0.2, -0.15) is 0 Å². The van der Waals surface area contributed by atoms with Gasteiger partial charge < -0.3 is 10.6 Å². The van der Waals surface area contributed by atoms with Crippen molar-refractivity contribution in [2.45, 2.75) is 26.3 Å². The molecule has 0 saturated heterocycles. The Labute approximate surface area is 133 Å². The highest BCUT2D eigenvalue weighted by molar-refractivity contribution is 9.10. The van der Waals surface area contributed by atoms with Gasteiger partial charge in [0.15, 0.2) is 0 Å². The molecule has 2 N–H and O–H groups in total. The van der Waals surface area contributed by atoms with Crippen molar-refractivity contribution in [3.63, 3.8) is 0 Å². The van der Waals surface area contributed by atoms with Gasteiger partial charge in [0.2, 0.25) is 0 Å². The number of amides is 1. The first-order valence-corrected chi connectivity index (χ1v) is 7.66. The summed E-state index contributed by atoms with van der Waals surface area (Å²) in [6.45, 7) is 4.02. The monoisotopic (exact) mass is 347 g/mol. The van der Waals surface area contributed by atoms with Crippen LogP contribution in [0.3, 0.4) is 0 Å². The van der Waals surface area contributed by atoms with E-state index in [1.165, 1.54) is 0 Å². The number of carbonyl (C=O) groups excluding carboxylic acids is 1. The largest absolute Gasteiger partial charge is 0.354 e. The van der Waals surface area contributed by atoms with Crippen LogP contribution in [0.2, 0.25) is 0 Å². The summed E-state index contributed by atoms with van der Waals surface area (Å²) in [4.78, 5) is 16.2. The minimum atomic E-state index is -0.101. The Morgan fingerprint density at radius 3 is 2.62 bits per heavy atom. The molecule has 0 spiro atoms. The first kappa shape index (κ1) is 15.5. The molecule has 0 aliphatic heterocycles. The van der Waals surface area contributed by atoms with E-state index in [-0.39, 0.29) is 11.9 Å². The number of halogens is 1. The van der Waals surface area contributed by atoms with Gasteiger partial charge in [-0.1, -0.05) is 22.9 Å². The van der Waals surface area contributed by atoms with Crippen molar-refractivity contribution >= 4 is 33.2 Å². The molecule has 1 atom stereocenters. The second-order valence-corrected chi connectivity index (χ2v) is 5.79. The summed E-state index contributed by atoms with van der Waals surface area (Å²) in [5, 5.41) is 6.16. The van der Waals surface area contributed by atoms with E-state index in [9.17, 15) is 4.79 Å². The normalized spacial score (nSPS) is 11.8. The van der Waals surface area contributed by atoms with Crippen LogP contribution in [-0.4, -0.2) is 16.9 Å². The number of pyridine rings is 1. The van der Waals surface area contributed by atoms with Gasteiger partial charge in [0.1, 0.15) is 0 Å². The molecule has 1 amide bonds. The molecule has 5 heteroatoms. The van der Waals surface area contributed by atoms with Gasteiger partial charge in [0.25, 0.3) is 5.91 Å². The molecule has 1 unspecified atom stereocenters. The van der Waals surface area contributed by atoms with Gasteiger partial charge in [0, 0.05) is 22.4 Å². The molecule has 1 heterocycles. The highest BCUT2D eigenvalue weighted by atomic mass is 79.9. The summed E-state index contributed by atoms with van der Waals surface area (Å²) in [5.41, 5.74) is 2.28. The lowest BCUT2D eigenvalue weighted by molar-refractivity contribution is 0.0939. The number of carbonyl (C=O) groups is 1. The van der Waals surface area contributed by atoms with Crippen molar-refractivity contribution in [1.82, 2.24) is 10.3 Å². The van der Waals surface area contributed by atoms with Crippen molar-refractivity contribution in [3.05, 3.63) is 52.8 Å². The number of hydrogen-bond acceptors (Lipinski definition) is 3. The zero-order chi connectivity index (χ0) is 15.2. The average molecular weight is 348 g/mol. The molecule has 0 saturated carbocycles. The third-order valence-corrected chi connectivity index (χ3v) is 3.65. The molecular weight excluding hydrogens is 330 g/mol. The fourth-order valence-electron chi connectivity index (χ4n) is 1.74. The van der Waals surface area contributed by atoms with Crippen LogP contribution in [0.25, 0.3) is 0 Å². The van der Waals surface area contributed by atoms with Gasteiger partial charge in [-0.15, -0.1) is 0 Å². The number of nitrogens with one attached hydrogen (secondary N) is 2. The fraction of sp³-hybridized carbons (Fsp3) is 0.250. The van der Waals surface area contributed by atoms with Crippen molar-refractivity contribution < 1.29 is 4.79 Å². The second kappa shape index (κ2) is 7.22. The topological polar surface area (TPSA) is 54.0 Å². The van der Waals surface area contributed by atoms with E-state index in [4.69, 9.17) is 0 Å². The zero-order valence-electron chi connectivity index (χ0n) is 12.1. The van der Waals surface area contributed by atoms with Crippen molar-refractivity contribution in [2.24, 2.45) is 0 Å². The molecule has 2 aromatic rings. The van der Waals surface area contributed by atoms with Gasteiger partial charge in [-0.3, -0.25) is 9.78 Å². The van der Waals surface area contributed by atoms with E-state index in [0.717, 1.165) is 22.3 Å². The Hall–Kier alpha value is -1.88. The fourth-order valence-corrected chi connectivity index (χ4v) is 2.01. The number of benzene rings is 1. The molecule has 1 aromatic carbocycles. The van der Waals surface area contributed by atoms with Crippen LogP contribution in [-0.2, 0) is 0 Å². The highest BCUT2D eigenvalue weighted by Gasteiger charge is 2.09. The Bertz CT molecular complexity index is 613. The lowest BCUT2D eigenvalue weighted by atomic mass is 10.2. The zero-order valence-corrected chi connectivity index (χ0v) is 13.6. The number of anilines is 2.